The number of carbonyl (C=O) groups is 1. The number of aromatic nitrogens is 1. The van der Waals surface area contributed by atoms with Gasteiger partial charge in [0.2, 0.25) is 10.0 Å². The van der Waals surface area contributed by atoms with E-state index >= 15 is 0 Å². The Balaban J connectivity index is 1.42. The monoisotopic (exact) mass is 449 g/mol. The van der Waals surface area contributed by atoms with E-state index in [4.69, 9.17) is 4.74 Å². The molecule has 2 atom stereocenters. The molecule has 0 saturated carbocycles. The molecule has 2 heterocycles. The molecule has 9 heteroatoms. The van der Waals surface area contributed by atoms with Crippen molar-refractivity contribution in [1.29, 1.82) is 0 Å². The van der Waals surface area contributed by atoms with Crippen LogP contribution in [0.25, 0.3) is 0 Å². The summed E-state index contributed by atoms with van der Waals surface area (Å²) >= 11 is 1.53. The highest BCUT2D eigenvalue weighted by Crippen LogP contribution is 2.32. The van der Waals surface area contributed by atoms with Crippen LogP contribution >= 0.6 is 11.3 Å². The third-order valence-corrected chi connectivity index (χ3v) is 8.59. The number of hydrogen-bond acceptors (Lipinski definition) is 6. The van der Waals surface area contributed by atoms with Crippen molar-refractivity contribution in [2.75, 3.05) is 25.5 Å². The van der Waals surface area contributed by atoms with E-state index in [0.29, 0.717) is 29.8 Å². The van der Waals surface area contributed by atoms with Crippen molar-refractivity contribution < 1.29 is 17.9 Å². The van der Waals surface area contributed by atoms with Crippen molar-refractivity contribution in [3.63, 3.8) is 0 Å². The van der Waals surface area contributed by atoms with E-state index in [1.165, 1.54) is 44.8 Å². The number of nitrogens with zero attached hydrogens (tertiary/aromatic N) is 2. The summed E-state index contributed by atoms with van der Waals surface area (Å²) in [6.45, 7) is 3.25. The van der Waals surface area contributed by atoms with Gasteiger partial charge in [-0.2, -0.15) is 4.31 Å². The Labute approximate surface area is 181 Å². The Bertz CT molecular complexity index is 1010. The third kappa shape index (κ3) is 4.59. The lowest BCUT2D eigenvalue weighted by Crippen LogP contribution is -2.34. The van der Waals surface area contributed by atoms with Gasteiger partial charge in [-0.1, -0.05) is 6.92 Å². The Hall–Kier alpha value is -1.81. The summed E-state index contributed by atoms with van der Waals surface area (Å²) in [5.41, 5.74) is 1.49. The van der Waals surface area contributed by atoms with E-state index < -0.39 is 10.0 Å². The Morgan fingerprint density at radius 1 is 1.30 bits per heavy atom. The van der Waals surface area contributed by atoms with Gasteiger partial charge in [-0.3, -0.25) is 10.1 Å². The minimum Gasteiger partial charge on any atom is -0.377 e. The van der Waals surface area contributed by atoms with Gasteiger partial charge >= 0.3 is 0 Å². The molecule has 2 aliphatic rings. The van der Waals surface area contributed by atoms with Crippen LogP contribution < -0.4 is 5.32 Å². The van der Waals surface area contributed by atoms with Crippen LogP contribution in [0.3, 0.4) is 0 Å². The van der Waals surface area contributed by atoms with E-state index in [1.807, 2.05) is 0 Å². The number of thiazole rings is 1. The lowest BCUT2D eigenvalue weighted by molar-refractivity contribution is 0.0979. The number of fused-ring (bicyclic) bond motifs is 1. The van der Waals surface area contributed by atoms with Gasteiger partial charge in [-0.25, -0.2) is 13.4 Å². The van der Waals surface area contributed by atoms with Gasteiger partial charge in [0.05, 0.1) is 16.7 Å². The first-order valence-electron chi connectivity index (χ1n) is 10.3. The molecule has 1 aliphatic carbocycles. The van der Waals surface area contributed by atoms with Crippen molar-refractivity contribution in [1.82, 2.24) is 9.29 Å². The highest BCUT2D eigenvalue weighted by Gasteiger charge is 2.26. The van der Waals surface area contributed by atoms with Crippen molar-refractivity contribution in [3.8, 4) is 0 Å². The van der Waals surface area contributed by atoms with E-state index in [2.05, 4.69) is 17.2 Å². The Morgan fingerprint density at radius 2 is 2.07 bits per heavy atom. The van der Waals surface area contributed by atoms with Crippen molar-refractivity contribution >= 4 is 32.4 Å². The van der Waals surface area contributed by atoms with Gasteiger partial charge < -0.3 is 4.74 Å². The molecular formula is C21H27N3O4S2. The second kappa shape index (κ2) is 8.74. The number of hydrogen-bond donors (Lipinski definition) is 1. The molecular weight excluding hydrogens is 422 g/mol. The van der Waals surface area contributed by atoms with Crippen LogP contribution in [-0.4, -0.2) is 49.9 Å². The minimum atomic E-state index is -3.62. The summed E-state index contributed by atoms with van der Waals surface area (Å²) in [6.07, 6.45) is 4.87. The highest BCUT2D eigenvalue weighted by atomic mass is 32.2. The number of carbonyl (C=O) groups excluding carboxylic acids is 1. The predicted molar refractivity (Wildman–Crippen MR) is 116 cm³/mol. The number of sulfonamides is 1. The minimum absolute atomic E-state index is 0.0538. The molecule has 1 amide bonds. The fourth-order valence-electron chi connectivity index (χ4n) is 3.89. The molecule has 1 aromatic heterocycles. The molecule has 7 nitrogen and oxygen atoms in total. The second-order valence-corrected chi connectivity index (χ2v) is 11.3. The number of aryl methyl sites for hydroxylation is 1. The molecule has 1 fully saturated rings. The van der Waals surface area contributed by atoms with Crippen molar-refractivity contribution in [2.24, 2.45) is 5.92 Å². The van der Waals surface area contributed by atoms with E-state index in [1.54, 1.807) is 7.05 Å². The number of anilines is 1. The van der Waals surface area contributed by atoms with Crippen LogP contribution in [0, 0.1) is 5.92 Å². The molecule has 162 valence electrons. The molecule has 4 rings (SSSR count). The van der Waals surface area contributed by atoms with Gasteiger partial charge in [0.1, 0.15) is 0 Å². The largest absolute Gasteiger partial charge is 0.377 e. The van der Waals surface area contributed by atoms with Crippen molar-refractivity contribution in [2.45, 2.75) is 50.0 Å². The number of amides is 1. The smallest absolute Gasteiger partial charge is 0.257 e. The summed E-state index contributed by atoms with van der Waals surface area (Å²) < 4.78 is 32.4. The quantitative estimate of drug-likeness (QED) is 0.731. The topological polar surface area (TPSA) is 88.6 Å². The molecule has 1 saturated heterocycles. The molecule has 1 N–H and O–H groups in total. The zero-order valence-corrected chi connectivity index (χ0v) is 18.9. The van der Waals surface area contributed by atoms with Crippen molar-refractivity contribution in [3.05, 3.63) is 40.4 Å². The summed E-state index contributed by atoms with van der Waals surface area (Å²) in [6, 6.07) is 6.03. The molecule has 0 radical (unpaired) electrons. The average molecular weight is 450 g/mol. The number of likely N-dealkylation sites (N-methyl/N-ethyl adjacent to an activating group) is 1. The Kier molecular flexibility index (Phi) is 6.24. The molecule has 1 aliphatic heterocycles. The maximum atomic E-state index is 12.8. The van der Waals surface area contributed by atoms with Crippen LogP contribution in [0.2, 0.25) is 0 Å². The van der Waals surface area contributed by atoms with E-state index in [9.17, 15) is 13.2 Å². The lowest BCUT2D eigenvalue weighted by Gasteiger charge is -2.20. The average Bonchev–Trinajstić information content (AvgIpc) is 3.37. The second-order valence-electron chi connectivity index (χ2n) is 8.14. The summed E-state index contributed by atoms with van der Waals surface area (Å²) in [5, 5.41) is 3.46. The standard InChI is InChI=1S/C21H27N3O4S2/c1-14-5-10-18-19(12-14)29-21(22-18)23-20(25)15-6-8-17(9-7-15)30(26,27)24(2)13-16-4-3-11-28-16/h6-9,14,16H,3-5,10-13H2,1-2H3,(H,22,23,25). The van der Waals surface area contributed by atoms with Gasteiger partial charge in [-0.05, 0) is 62.3 Å². The number of nitrogens with one attached hydrogen (secondary N) is 1. The normalized spacial score (nSPS) is 21.6. The maximum absolute atomic E-state index is 12.8. The number of rotatable bonds is 6. The fraction of sp³-hybridized carbons (Fsp3) is 0.524. The first-order chi connectivity index (χ1) is 14.3. The summed E-state index contributed by atoms with van der Waals surface area (Å²) in [7, 11) is -2.07. The first-order valence-corrected chi connectivity index (χ1v) is 12.6. The van der Waals surface area contributed by atoms with Crippen LogP contribution in [0.4, 0.5) is 5.13 Å². The first kappa shape index (κ1) is 21.4. The van der Waals surface area contributed by atoms with Gasteiger partial charge in [0.25, 0.3) is 5.91 Å². The molecule has 1 aromatic carbocycles. The summed E-state index contributed by atoms with van der Waals surface area (Å²) in [4.78, 5) is 18.6. The fourth-order valence-corrected chi connectivity index (χ4v) is 6.26. The zero-order chi connectivity index (χ0) is 21.3. The number of ether oxygens (including phenoxy) is 1. The Morgan fingerprint density at radius 3 is 2.77 bits per heavy atom. The van der Waals surface area contributed by atoms with Crippen LogP contribution in [0.15, 0.2) is 29.2 Å². The molecule has 0 bridgehead atoms. The van der Waals surface area contributed by atoms with Crippen LogP contribution in [0.1, 0.15) is 47.1 Å². The molecule has 0 spiro atoms. The maximum Gasteiger partial charge on any atom is 0.257 e. The van der Waals surface area contributed by atoms with Crippen LogP contribution in [0.5, 0.6) is 0 Å². The van der Waals surface area contributed by atoms with Gasteiger partial charge in [-0.15, -0.1) is 11.3 Å². The zero-order valence-electron chi connectivity index (χ0n) is 17.3. The molecule has 2 unspecified atom stereocenters. The van der Waals surface area contributed by atoms with Gasteiger partial charge in [0, 0.05) is 30.6 Å². The SMILES string of the molecule is CC1CCc2nc(NC(=O)c3ccc(S(=O)(=O)N(C)CC4CCCO4)cc3)sc2C1. The third-order valence-electron chi connectivity index (χ3n) is 5.72. The van der Waals surface area contributed by atoms with Gasteiger partial charge in [0.15, 0.2) is 5.13 Å². The van der Waals surface area contributed by atoms with Crippen LogP contribution in [-0.2, 0) is 27.6 Å². The number of benzene rings is 1. The summed E-state index contributed by atoms with van der Waals surface area (Å²) in [5.74, 6) is 0.361. The highest BCUT2D eigenvalue weighted by molar-refractivity contribution is 7.89. The van der Waals surface area contributed by atoms with E-state index in [-0.39, 0.29) is 16.9 Å². The lowest BCUT2D eigenvalue weighted by atomic mass is 9.93. The molecule has 2 aromatic rings. The van der Waals surface area contributed by atoms with E-state index in [0.717, 1.165) is 37.8 Å². The molecule has 30 heavy (non-hydrogen) atoms. The predicted octanol–water partition coefficient (Wildman–Crippen LogP) is 3.32.